The van der Waals surface area contributed by atoms with Crippen molar-refractivity contribution in [3.63, 3.8) is 0 Å². The van der Waals surface area contributed by atoms with E-state index in [0.717, 1.165) is 16.7 Å². The van der Waals surface area contributed by atoms with E-state index in [1.807, 2.05) is 71.3 Å². The maximum atomic E-state index is 14.5. The number of aromatic hydroxyl groups is 1. The number of rotatable bonds is 27. The molecule has 4 atom stereocenters. The van der Waals surface area contributed by atoms with E-state index >= 15 is 0 Å². The number of imidazole rings is 1. The van der Waals surface area contributed by atoms with Crippen molar-refractivity contribution < 1.29 is 67.1 Å². The number of aromatic nitrogens is 3. The van der Waals surface area contributed by atoms with Crippen molar-refractivity contribution >= 4 is 59.0 Å². The van der Waals surface area contributed by atoms with Crippen molar-refractivity contribution in [1.29, 1.82) is 0 Å². The SMILES string of the molecule is CC(C)[C@@H](NC(=O)[C@H](CCC(=O)OC(C)(C)C)NC(=O)[C@H](CC(=O)OC(C)(C)C)NC(=O)OCc1ccccc1)C(=O)N[C@H](CC(=O)OC(C)(C)C)C(=O)Nc1ccc(COc2c(Cc3ccccc3)nc3c(Cc4ccccc4)nc(-c4ccc(O)cc4)cn23)cc1. The van der Waals surface area contributed by atoms with Gasteiger partial charge in [-0.2, -0.15) is 0 Å². The van der Waals surface area contributed by atoms with E-state index < -0.39 is 114 Å². The molecule has 0 bridgehead atoms. The van der Waals surface area contributed by atoms with E-state index in [9.17, 15) is 43.5 Å². The Morgan fingerprint density at radius 1 is 0.505 bits per heavy atom. The maximum Gasteiger partial charge on any atom is 0.408 e. The molecule has 0 aliphatic rings. The number of amides is 5. The van der Waals surface area contributed by atoms with Gasteiger partial charge in [0.2, 0.25) is 29.5 Å². The first-order valence-electron chi connectivity index (χ1n) is 30.8. The molecule has 0 aliphatic carbocycles. The van der Waals surface area contributed by atoms with Gasteiger partial charge >= 0.3 is 24.0 Å². The molecule has 6 N–H and O–H groups in total. The Bertz CT molecular complexity index is 3710. The summed E-state index contributed by atoms with van der Waals surface area (Å²) in [5.41, 5.74) is 4.20. The summed E-state index contributed by atoms with van der Waals surface area (Å²) in [6, 6.07) is 35.8. The average molecular weight is 1270 g/mol. The van der Waals surface area contributed by atoms with Crippen molar-refractivity contribution in [3.8, 4) is 22.9 Å². The Labute approximate surface area is 541 Å². The highest BCUT2D eigenvalue weighted by atomic mass is 16.6. The van der Waals surface area contributed by atoms with Crippen LogP contribution in [0, 0.1) is 5.92 Å². The van der Waals surface area contributed by atoms with Gasteiger partial charge in [0.25, 0.3) is 0 Å². The zero-order valence-corrected chi connectivity index (χ0v) is 54.5. The minimum Gasteiger partial charge on any atom is -0.508 e. The number of benzene rings is 5. The predicted octanol–water partition coefficient (Wildman–Crippen LogP) is 9.79. The fourth-order valence-electron chi connectivity index (χ4n) is 9.61. The van der Waals surface area contributed by atoms with E-state index in [1.54, 1.807) is 155 Å². The molecule has 5 aromatic carbocycles. The van der Waals surface area contributed by atoms with Gasteiger partial charge in [-0.25, -0.2) is 14.8 Å². The van der Waals surface area contributed by atoms with E-state index in [1.165, 1.54) is 0 Å². The number of phenols is 1. The van der Waals surface area contributed by atoms with Gasteiger partial charge in [0, 0.05) is 36.7 Å². The van der Waals surface area contributed by atoms with Gasteiger partial charge in [-0.3, -0.25) is 38.0 Å². The molecule has 7 rings (SSSR count). The molecule has 0 fully saturated rings. The van der Waals surface area contributed by atoms with E-state index in [2.05, 4.69) is 26.6 Å². The highest BCUT2D eigenvalue weighted by Crippen LogP contribution is 2.31. The number of phenolic OH excluding ortho intramolecular Hbond substituents is 1. The van der Waals surface area contributed by atoms with E-state index in [0.29, 0.717) is 58.3 Å². The summed E-state index contributed by atoms with van der Waals surface area (Å²) < 4.78 is 30.5. The van der Waals surface area contributed by atoms with Crippen molar-refractivity contribution in [2.45, 2.75) is 169 Å². The van der Waals surface area contributed by atoms with Crippen molar-refractivity contribution in [1.82, 2.24) is 35.6 Å². The van der Waals surface area contributed by atoms with Crippen molar-refractivity contribution in [3.05, 3.63) is 179 Å². The van der Waals surface area contributed by atoms with Gasteiger partial charge in [-0.05, 0) is 133 Å². The van der Waals surface area contributed by atoms with Gasteiger partial charge in [-0.1, -0.05) is 117 Å². The maximum absolute atomic E-state index is 14.5. The molecule has 0 spiro atoms. The third kappa shape index (κ3) is 22.6. The zero-order valence-electron chi connectivity index (χ0n) is 54.5. The molecule has 0 saturated heterocycles. The second-order valence-corrected chi connectivity index (χ2v) is 25.8. The Balaban J connectivity index is 1.10. The topological polar surface area (TPSA) is 293 Å². The monoisotopic (exact) mass is 1270 g/mol. The largest absolute Gasteiger partial charge is 0.508 e. The van der Waals surface area contributed by atoms with Crippen LogP contribution in [0.2, 0.25) is 0 Å². The number of carbonyl (C=O) groups is 8. The molecule has 5 amide bonds. The van der Waals surface area contributed by atoms with Crippen LogP contribution in [0.4, 0.5) is 10.5 Å². The lowest BCUT2D eigenvalue weighted by Gasteiger charge is -2.28. The third-order valence-corrected chi connectivity index (χ3v) is 13.9. The van der Waals surface area contributed by atoms with Crippen LogP contribution >= 0.6 is 0 Å². The number of hydrogen-bond acceptors (Lipinski definition) is 16. The summed E-state index contributed by atoms with van der Waals surface area (Å²) in [6.07, 6.45) is -0.390. The normalized spacial score (nSPS) is 12.9. The van der Waals surface area contributed by atoms with Crippen LogP contribution < -0.4 is 31.3 Å². The molecule has 2 heterocycles. The number of fused-ring (bicyclic) bond motifs is 1. The zero-order chi connectivity index (χ0) is 67.6. The molecule has 0 saturated carbocycles. The third-order valence-electron chi connectivity index (χ3n) is 13.9. The van der Waals surface area contributed by atoms with Crippen LogP contribution in [0.15, 0.2) is 146 Å². The summed E-state index contributed by atoms with van der Waals surface area (Å²) in [5.74, 6) is -6.19. The standard InChI is InChI=1S/C71H84N8O14/c1-44(2)61(78-63(84)52(35-36-58(81)91-69(3,4)5)75-65(86)55(40-60(83)93-71(9,10)11)77-68(88)90-43-47-25-19-14-20-26-47)66(87)76-54(39-59(82)92-70(6,7)8)64(85)72-50-31-27-48(28-32-50)42-89-67-56(38-46-23-17-13-18-24-46)74-62-53(37-45-21-15-12-16-22-45)73-57(41-79(62)67)49-29-33-51(80)34-30-49/h12-34,41,44,52,54-55,61,80H,35-40,42-43H2,1-11H3,(H,72,85)(H,75,86)(H,76,87)(H,77,88)(H,78,84)/t52-,54+,55-,61+/m0/s1. The fraction of sp³-hybridized carbons (Fsp3) is 0.380. The van der Waals surface area contributed by atoms with Crippen LogP contribution in [0.25, 0.3) is 16.9 Å². The molecule has 93 heavy (non-hydrogen) atoms. The van der Waals surface area contributed by atoms with E-state index in [4.69, 9.17) is 33.7 Å². The van der Waals surface area contributed by atoms with Crippen molar-refractivity contribution in [2.75, 3.05) is 5.32 Å². The average Bonchev–Trinajstić information content (AvgIpc) is 1.63. The number of carbonyl (C=O) groups excluding carboxylic acids is 8. The first kappa shape index (κ1) is 70.3. The second kappa shape index (κ2) is 31.8. The summed E-state index contributed by atoms with van der Waals surface area (Å²) in [7, 11) is 0. The fourth-order valence-corrected chi connectivity index (χ4v) is 9.61. The number of anilines is 1. The van der Waals surface area contributed by atoms with Gasteiger partial charge in [-0.15, -0.1) is 0 Å². The first-order valence-corrected chi connectivity index (χ1v) is 30.8. The number of nitrogens with one attached hydrogen (secondary N) is 5. The van der Waals surface area contributed by atoms with Crippen LogP contribution in [-0.2, 0) is 78.6 Å². The Kier molecular flexibility index (Phi) is 24.0. The second-order valence-electron chi connectivity index (χ2n) is 25.8. The lowest BCUT2D eigenvalue weighted by Crippen LogP contribution is -2.59. The lowest BCUT2D eigenvalue weighted by molar-refractivity contribution is -0.157. The summed E-state index contributed by atoms with van der Waals surface area (Å²) in [4.78, 5) is 121. The summed E-state index contributed by atoms with van der Waals surface area (Å²) in [5, 5.41) is 23.1. The summed E-state index contributed by atoms with van der Waals surface area (Å²) >= 11 is 0. The van der Waals surface area contributed by atoms with Crippen LogP contribution in [0.3, 0.4) is 0 Å². The smallest absolute Gasteiger partial charge is 0.408 e. The molecule has 22 nitrogen and oxygen atoms in total. The van der Waals surface area contributed by atoms with Gasteiger partial charge in [0.15, 0.2) is 5.65 Å². The lowest BCUT2D eigenvalue weighted by atomic mass is 10.0. The highest BCUT2D eigenvalue weighted by molar-refractivity contribution is 6.01. The molecule has 0 radical (unpaired) electrons. The minimum absolute atomic E-state index is 0.0627. The first-order chi connectivity index (χ1) is 43.9. The van der Waals surface area contributed by atoms with Gasteiger partial charge in [0.1, 0.15) is 65.6 Å². The predicted molar refractivity (Wildman–Crippen MR) is 348 cm³/mol. The van der Waals surface area contributed by atoms with Crippen LogP contribution in [0.1, 0.15) is 135 Å². The number of hydrogen-bond donors (Lipinski definition) is 6. The number of ether oxygens (including phenoxy) is 5. The Morgan fingerprint density at radius 2 is 0.989 bits per heavy atom. The molecule has 0 aliphatic heterocycles. The van der Waals surface area contributed by atoms with Crippen LogP contribution in [-0.4, -0.2) is 108 Å². The van der Waals surface area contributed by atoms with Gasteiger partial charge < -0.3 is 55.4 Å². The molecule has 22 heteroatoms. The van der Waals surface area contributed by atoms with Gasteiger partial charge in [0.05, 0.1) is 24.2 Å². The molecule has 2 aromatic heterocycles. The Hall–Kier alpha value is -10.1. The number of alkyl carbamates (subject to hydrolysis) is 1. The van der Waals surface area contributed by atoms with Crippen LogP contribution in [0.5, 0.6) is 11.6 Å². The van der Waals surface area contributed by atoms with E-state index in [-0.39, 0.29) is 25.4 Å². The minimum atomic E-state index is -1.66. The highest BCUT2D eigenvalue weighted by Gasteiger charge is 2.36. The molecular formula is C71H84N8O14. The molecule has 0 unspecified atom stereocenters. The molecule has 492 valence electrons. The summed E-state index contributed by atoms with van der Waals surface area (Å²) in [6.45, 7) is 17.9. The Morgan fingerprint density at radius 3 is 1.53 bits per heavy atom. The molecular weight excluding hydrogens is 1190 g/mol. The quantitative estimate of drug-likeness (QED) is 0.0206. The number of esters is 3. The molecule has 7 aromatic rings. The van der Waals surface area contributed by atoms with Crippen molar-refractivity contribution in [2.24, 2.45) is 5.92 Å². The number of nitrogens with zero attached hydrogens (tertiary/aromatic N) is 3.